The number of carbonyl (C=O) groups excluding carboxylic acids is 1. The number of halogens is 2. The highest BCUT2D eigenvalue weighted by atomic mass is 35.5. The van der Waals surface area contributed by atoms with Crippen LogP contribution < -0.4 is 14.9 Å². The average Bonchev–Trinajstić information content (AvgIpc) is 3.47. The summed E-state index contributed by atoms with van der Waals surface area (Å²) in [5.41, 5.74) is 2.08. The van der Waals surface area contributed by atoms with Crippen LogP contribution in [0, 0.1) is 0 Å². The minimum atomic E-state index is -0.675. The summed E-state index contributed by atoms with van der Waals surface area (Å²) in [6.07, 6.45) is 3.36. The Morgan fingerprint density at radius 2 is 1.90 bits per heavy atom. The van der Waals surface area contributed by atoms with E-state index in [1.165, 1.54) is 11.3 Å². The molecule has 0 amide bonds. The quantitative estimate of drug-likeness (QED) is 0.188. The van der Waals surface area contributed by atoms with Gasteiger partial charge in [-0.15, -0.1) is 11.8 Å². The first-order valence-electron chi connectivity index (χ1n) is 12.1. The Labute approximate surface area is 243 Å². The molecule has 0 N–H and O–H groups in total. The molecule has 0 fully saturated rings. The largest absolute Gasteiger partial charge is 0.459 e. The van der Waals surface area contributed by atoms with Crippen LogP contribution in [0.25, 0.3) is 17.4 Å². The van der Waals surface area contributed by atoms with Crippen molar-refractivity contribution < 1.29 is 13.9 Å². The normalized spacial score (nSPS) is 15.5. The minimum absolute atomic E-state index is 0.275. The number of nitrogens with zero attached hydrogens (tertiary/aromatic N) is 2. The monoisotopic (exact) mass is 598 g/mol. The van der Waals surface area contributed by atoms with E-state index in [2.05, 4.69) is 4.99 Å². The summed E-state index contributed by atoms with van der Waals surface area (Å²) in [5.74, 6) is 0.546. The highest BCUT2D eigenvalue weighted by Gasteiger charge is 2.33. The van der Waals surface area contributed by atoms with Gasteiger partial charge in [0, 0.05) is 21.6 Å². The Hall–Kier alpha value is -3.04. The summed E-state index contributed by atoms with van der Waals surface area (Å²) in [6.45, 7) is 5.35. The van der Waals surface area contributed by atoms with Crippen LogP contribution in [-0.4, -0.2) is 22.9 Å². The van der Waals surface area contributed by atoms with Crippen LogP contribution in [-0.2, 0) is 9.53 Å². The van der Waals surface area contributed by atoms with Gasteiger partial charge in [0.25, 0.3) is 5.56 Å². The van der Waals surface area contributed by atoms with Crippen LogP contribution in [0.2, 0.25) is 10.0 Å². The van der Waals surface area contributed by atoms with E-state index in [1.807, 2.05) is 30.5 Å². The predicted octanol–water partition coefficient (Wildman–Crippen LogP) is 6.48. The summed E-state index contributed by atoms with van der Waals surface area (Å²) in [7, 11) is 0. The molecule has 0 saturated carbocycles. The second-order valence-corrected chi connectivity index (χ2v) is 11.9. The van der Waals surface area contributed by atoms with Gasteiger partial charge in [0.1, 0.15) is 11.5 Å². The molecule has 0 spiro atoms. The van der Waals surface area contributed by atoms with Crippen molar-refractivity contribution in [1.82, 2.24) is 4.57 Å². The molecule has 1 aliphatic rings. The molecule has 0 radical (unpaired) electrons. The zero-order valence-corrected chi connectivity index (χ0v) is 24.7. The second kappa shape index (κ2) is 11.2. The molecule has 0 unspecified atom stereocenters. The number of benzene rings is 2. The number of ether oxygens (including phenoxy) is 1. The number of thiazole rings is 1. The number of hydrogen-bond acceptors (Lipinski definition) is 7. The van der Waals surface area contributed by atoms with Gasteiger partial charge in [-0.05, 0) is 75.1 Å². The second-order valence-electron chi connectivity index (χ2n) is 9.14. The van der Waals surface area contributed by atoms with Gasteiger partial charge in [0.05, 0.1) is 33.0 Å². The summed E-state index contributed by atoms with van der Waals surface area (Å²) in [6, 6.07) is 15.9. The van der Waals surface area contributed by atoms with Crippen molar-refractivity contribution in [2.75, 3.05) is 6.26 Å². The summed E-state index contributed by atoms with van der Waals surface area (Å²) in [5, 5.41) is 0.993. The molecule has 1 atom stereocenters. The first-order valence-corrected chi connectivity index (χ1v) is 14.9. The maximum atomic E-state index is 13.8. The van der Waals surface area contributed by atoms with Crippen molar-refractivity contribution in [3.05, 3.63) is 107 Å². The van der Waals surface area contributed by atoms with E-state index in [-0.39, 0.29) is 11.7 Å². The maximum absolute atomic E-state index is 13.8. The number of allylic oxidation sites excluding steroid dienone is 1. The van der Waals surface area contributed by atoms with Gasteiger partial charge in [0.15, 0.2) is 4.80 Å². The number of esters is 1. The number of thioether (sulfide) groups is 1. The number of carbonyl (C=O) groups is 1. The SMILES string of the molecule is CSc1ccc([C@@H]2C(C(=O)OC(C)C)=C(C)N=c3s/c(=C\c4ccc(-c5ccc(Cl)cc5Cl)o4)c(=O)n32)cc1. The zero-order chi connectivity index (χ0) is 27.8. The molecule has 0 saturated heterocycles. The summed E-state index contributed by atoms with van der Waals surface area (Å²) in [4.78, 5) is 33.3. The number of furan rings is 1. The Morgan fingerprint density at radius 3 is 2.56 bits per heavy atom. The number of fused-ring (bicyclic) bond motifs is 1. The van der Waals surface area contributed by atoms with Crippen molar-refractivity contribution in [2.45, 2.75) is 37.8 Å². The maximum Gasteiger partial charge on any atom is 0.338 e. The van der Waals surface area contributed by atoms with Crippen LogP contribution >= 0.6 is 46.3 Å². The Morgan fingerprint density at radius 1 is 1.15 bits per heavy atom. The average molecular weight is 600 g/mol. The van der Waals surface area contributed by atoms with Crippen molar-refractivity contribution in [3.8, 4) is 11.3 Å². The fourth-order valence-electron chi connectivity index (χ4n) is 4.36. The molecule has 3 heterocycles. The van der Waals surface area contributed by atoms with E-state index in [4.69, 9.17) is 32.4 Å². The Kier molecular flexibility index (Phi) is 7.91. The molecular weight excluding hydrogens is 575 g/mol. The van der Waals surface area contributed by atoms with Crippen molar-refractivity contribution >= 4 is 58.3 Å². The number of rotatable bonds is 6. The molecular formula is C29H24Cl2N2O4S2. The molecule has 200 valence electrons. The van der Waals surface area contributed by atoms with Crippen molar-refractivity contribution in [2.24, 2.45) is 4.99 Å². The highest BCUT2D eigenvalue weighted by Crippen LogP contribution is 2.33. The van der Waals surface area contributed by atoms with Gasteiger partial charge in [-0.25, -0.2) is 9.79 Å². The first-order chi connectivity index (χ1) is 18.7. The number of hydrogen-bond donors (Lipinski definition) is 0. The standard InChI is InChI=1S/C29H24Cl2N2O4S2/c1-15(2)36-28(35)25-16(3)32-29-33(26(25)17-5-9-20(38-4)10-6-17)27(34)24(39-29)14-19-8-12-23(37-19)21-11-7-18(30)13-22(21)31/h5-15,26H,1-4H3/b24-14-/t26-/m1/s1. The smallest absolute Gasteiger partial charge is 0.338 e. The van der Waals surface area contributed by atoms with Gasteiger partial charge in [-0.1, -0.05) is 46.7 Å². The Bertz CT molecular complexity index is 1780. The third kappa shape index (κ3) is 5.52. The molecule has 1 aliphatic heterocycles. The lowest BCUT2D eigenvalue weighted by atomic mass is 9.96. The van der Waals surface area contributed by atoms with Gasteiger partial charge >= 0.3 is 5.97 Å². The Balaban J connectivity index is 1.63. The summed E-state index contributed by atoms with van der Waals surface area (Å²) < 4.78 is 13.6. The summed E-state index contributed by atoms with van der Waals surface area (Å²) >= 11 is 15.2. The lowest BCUT2D eigenvalue weighted by Gasteiger charge is -2.25. The minimum Gasteiger partial charge on any atom is -0.459 e. The molecule has 0 bridgehead atoms. The van der Waals surface area contributed by atoms with Crippen LogP contribution in [0.3, 0.4) is 0 Å². The fraction of sp³-hybridized carbons (Fsp3) is 0.207. The van der Waals surface area contributed by atoms with E-state index < -0.39 is 12.0 Å². The molecule has 6 nitrogen and oxygen atoms in total. The molecule has 10 heteroatoms. The van der Waals surface area contributed by atoms with E-state index in [0.29, 0.717) is 47.7 Å². The number of aromatic nitrogens is 1. The lowest BCUT2D eigenvalue weighted by Crippen LogP contribution is -2.40. The third-order valence-electron chi connectivity index (χ3n) is 6.11. The van der Waals surface area contributed by atoms with E-state index in [0.717, 1.165) is 10.5 Å². The highest BCUT2D eigenvalue weighted by molar-refractivity contribution is 7.98. The molecule has 39 heavy (non-hydrogen) atoms. The zero-order valence-electron chi connectivity index (χ0n) is 21.5. The molecule has 2 aromatic heterocycles. The molecule has 0 aliphatic carbocycles. The van der Waals surface area contributed by atoms with Gasteiger partial charge in [-0.3, -0.25) is 9.36 Å². The van der Waals surface area contributed by atoms with Gasteiger partial charge in [-0.2, -0.15) is 0 Å². The molecule has 2 aromatic carbocycles. The van der Waals surface area contributed by atoms with Crippen LogP contribution in [0.4, 0.5) is 0 Å². The topological polar surface area (TPSA) is 73.8 Å². The van der Waals surface area contributed by atoms with Crippen molar-refractivity contribution in [3.63, 3.8) is 0 Å². The fourth-order valence-corrected chi connectivity index (χ4v) is 6.29. The van der Waals surface area contributed by atoms with Gasteiger partial charge < -0.3 is 9.15 Å². The van der Waals surface area contributed by atoms with Crippen LogP contribution in [0.5, 0.6) is 0 Å². The van der Waals surface area contributed by atoms with E-state index >= 15 is 0 Å². The lowest BCUT2D eigenvalue weighted by molar-refractivity contribution is -0.143. The van der Waals surface area contributed by atoms with E-state index in [9.17, 15) is 9.59 Å². The van der Waals surface area contributed by atoms with Crippen LogP contribution in [0.1, 0.15) is 38.1 Å². The predicted molar refractivity (Wildman–Crippen MR) is 157 cm³/mol. The first kappa shape index (κ1) is 27.5. The third-order valence-corrected chi connectivity index (χ3v) is 8.39. The van der Waals surface area contributed by atoms with Crippen molar-refractivity contribution in [1.29, 1.82) is 0 Å². The van der Waals surface area contributed by atoms with Crippen LogP contribution in [0.15, 0.2) is 85.0 Å². The van der Waals surface area contributed by atoms with E-state index in [1.54, 1.807) is 73.5 Å². The van der Waals surface area contributed by atoms with Gasteiger partial charge in [0.2, 0.25) is 0 Å². The molecule has 5 rings (SSSR count). The molecule has 4 aromatic rings.